The molecule has 164 valence electrons. The van der Waals surface area contributed by atoms with Crippen LogP contribution in [0.1, 0.15) is 41.9 Å². The van der Waals surface area contributed by atoms with Gasteiger partial charge in [0.25, 0.3) is 5.91 Å². The average Bonchev–Trinajstić information content (AvgIpc) is 3.44. The summed E-state index contributed by atoms with van der Waals surface area (Å²) in [6.07, 6.45) is 3.16. The van der Waals surface area contributed by atoms with Crippen molar-refractivity contribution in [2.24, 2.45) is 4.99 Å². The van der Waals surface area contributed by atoms with Gasteiger partial charge in [-0.1, -0.05) is 31.3 Å². The number of rotatable bonds is 10. The predicted molar refractivity (Wildman–Crippen MR) is 125 cm³/mol. The molecular weight excluding hydrogens is 454 g/mol. The minimum absolute atomic E-state index is 0.173. The lowest BCUT2D eigenvalue weighted by Crippen LogP contribution is -2.32. The summed E-state index contributed by atoms with van der Waals surface area (Å²) in [6, 6.07) is 9.77. The Morgan fingerprint density at radius 3 is 2.45 bits per heavy atom. The number of anilines is 1. The van der Waals surface area contributed by atoms with Gasteiger partial charge in [-0.2, -0.15) is 4.31 Å². The molecule has 0 saturated carbocycles. The summed E-state index contributed by atoms with van der Waals surface area (Å²) in [7, 11) is -3.58. The Labute approximate surface area is 189 Å². The van der Waals surface area contributed by atoms with Gasteiger partial charge in [0.05, 0.1) is 4.90 Å². The minimum Gasteiger partial charge on any atom is -0.296 e. The van der Waals surface area contributed by atoms with Crippen molar-refractivity contribution in [1.82, 2.24) is 14.5 Å². The van der Waals surface area contributed by atoms with Crippen LogP contribution in [0.4, 0.5) is 10.3 Å². The van der Waals surface area contributed by atoms with Crippen LogP contribution in [-0.2, 0) is 10.0 Å². The second kappa shape index (κ2) is 10.7. The van der Waals surface area contributed by atoms with E-state index in [0.29, 0.717) is 28.9 Å². The van der Waals surface area contributed by atoms with E-state index in [1.165, 1.54) is 28.6 Å². The van der Waals surface area contributed by atoms with Crippen molar-refractivity contribution in [1.29, 1.82) is 0 Å². The van der Waals surface area contributed by atoms with Gasteiger partial charge >= 0.3 is 0 Å². The fourth-order valence-corrected chi connectivity index (χ4v) is 5.54. The highest BCUT2D eigenvalue weighted by Crippen LogP contribution is 2.24. The maximum Gasteiger partial charge on any atom is 0.257 e. The molecular formula is C20H23N5O3S3. The molecule has 0 unspecified atom stereocenters. The fraction of sp³-hybridized carbons (Fsp3) is 0.300. The first-order chi connectivity index (χ1) is 14.9. The van der Waals surface area contributed by atoms with E-state index in [0.717, 1.165) is 29.1 Å². The zero-order valence-corrected chi connectivity index (χ0v) is 19.6. The average molecular weight is 478 g/mol. The van der Waals surface area contributed by atoms with Crippen molar-refractivity contribution in [3.63, 3.8) is 0 Å². The van der Waals surface area contributed by atoms with Crippen LogP contribution in [0.15, 0.2) is 51.7 Å². The Kier molecular flexibility index (Phi) is 8.02. The third-order valence-electron chi connectivity index (χ3n) is 4.18. The number of carbonyl (C=O) groups excluding carboxylic acids is 1. The van der Waals surface area contributed by atoms with Crippen molar-refractivity contribution in [2.75, 3.05) is 18.4 Å². The quantitative estimate of drug-likeness (QED) is 0.436. The molecule has 2 heterocycles. The van der Waals surface area contributed by atoms with Crippen LogP contribution in [0, 0.1) is 0 Å². The van der Waals surface area contributed by atoms with E-state index in [-0.39, 0.29) is 4.90 Å². The van der Waals surface area contributed by atoms with Gasteiger partial charge in [0.2, 0.25) is 20.3 Å². The number of nitrogens with one attached hydrogen (secondary N) is 1. The summed E-state index contributed by atoms with van der Waals surface area (Å²) >= 11 is 2.71. The molecule has 0 aliphatic heterocycles. The zero-order chi connectivity index (χ0) is 22.3. The molecule has 0 fully saturated rings. The van der Waals surface area contributed by atoms with E-state index in [4.69, 9.17) is 0 Å². The van der Waals surface area contributed by atoms with Gasteiger partial charge < -0.3 is 0 Å². The SMILES string of the molecule is CCCN(CCC)S(=O)(=O)c1ccc(C(=O)Nc2nnc(N=Cc3cccs3)s2)cc1. The highest BCUT2D eigenvalue weighted by molar-refractivity contribution is 7.89. The highest BCUT2D eigenvalue weighted by atomic mass is 32.2. The molecule has 0 saturated heterocycles. The fourth-order valence-electron chi connectivity index (χ4n) is 2.75. The molecule has 0 spiro atoms. The molecule has 1 aromatic carbocycles. The van der Waals surface area contributed by atoms with Crippen LogP contribution < -0.4 is 5.32 Å². The van der Waals surface area contributed by atoms with E-state index >= 15 is 0 Å². The minimum atomic E-state index is -3.58. The van der Waals surface area contributed by atoms with Crippen LogP contribution in [0.5, 0.6) is 0 Å². The number of aliphatic imine (C=N–C) groups is 1. The normalized spacial score (nSPS) is 12.0. The van der Waals surface area contributed by atoms with E-state index in [2.05, 4.69) is 20.5 Å². The lowest BCUT2D eigenvalue weighted by molar-refractivity contribution is 0.102. The maximum atomic E-state index is 12.8. The molecule has 0 aliphatic carbocycles. The van der Waals surface area contributed by atoms with Crippen molar-refractivity contribution < 1.29 is 13.2 Å². The number of benzene rings is 1. The molecule has 2 aromatic heterocycles. The molecule has 3 aromatic rings. The van der Waals surface area contributed by atoms with E-state index in [1.54, 1.807) is 17.6 Å². The van der Waals surface area contributed by atoms with Crippen molar-refractivity contribution in [3.05, 3.63) is 52.2 Å². The number of amides is 1. The Balaban J connectivity index is 1.66. The maximum absolute atomic E-state index is 12.8. The molecule has 1 amide bonds. The van der Waals surface area contributed by atoms with Crippen molar-refractivity contribution in [2.45, 2.75) is 31.6 Å². The number of hydrogen-bond acceptors (Lipinski definition) is 8. The van der Waals surface area contributed by atoms with Crippen molar-refractivity contribution in [3.8, 4) is 0 Å². The largest absolute Gasteiger partial charge is 0.296 e. The first kappa shape index (κ1) is 23.2. The summed E-state index contributed by atoms with van der Waals surface area (Å²) in [4.78, 5) is 17.9. The lowest BCUT2D eigenvalue weighted by atomic mass is 10.2. The third kappa shape index (κ3) is 6.03. The van der Waals surface area contributed by atoms with Crippen LogP contribution in [0.3, 0.4) is 0 Å². The highest BCUT2D eigenvalue weighted by Gasteiger charge is 2.23. The molecule has 0 aliphatic rings. The molecule has 3 rings (SSSR count). The second-order valence-corrected chi connectivity index (χ2v) is 10.4. The molecule has 8 nitrogen and oxygen atoms in total. The number of carbonyl (C=O) groups is 1. The number of aromatic nitrogens is 2. The van der Waals surface area contributed by atoms with Gasteiger partial charge in [-0.25, -0.2) is 13.4 Å². The smallest absolute Gasteiger partial charge is 0.257 e. The first-order valence-electron chi connectivity index (χ1n) is 9.76. The standard InChI is InChI=1S/C20H23N5O3S3/c1-3-11-25(12-4-2)31(27,28)17-9-7-15(8-10-17)18(26)22-20-24-23-19(30-20)21-14-16-6-5-13-29-16/h5-10,13-14H,3-4,11-12H2,1-2H3,(H,22,24,26). The number of nitrogens with zero attached hydrogens (tertiary/aromatic N) is 4. The Morgan fingerprint density at radius 2 is 1.84 bits per heavy atom. The number of thiophene rings is 1. The predicted octanol–water partition coefficient (Wildman–Crippen LogP) is 4.41. The first-order valence-corrected chi connectivity index (χ1v) is 12.9. The van der Waals surface area contributed by atoms with Gasteiger partial charge in [0, 0.05) is 29.7 Å². The summed E-state index contributed by atoms with van der Waals surface area (Å²) in [6.45, 7) is 4.81. The van der Waals surface area contributed by atoms with Crippen molar-refractivity contribution >= 4 is 55.1 Å². The molecule has 0 bridgehead atoms. The Morgan fingerprint density at radius 1 is 1.13 bits per heavy atom. The van der Waals surface area contributed by atoms with Gasteiger partial charge in [0.15, 0.2) is 0 Å². The van der Waals surface area contributed by atoms with Gasteiger partial charge in [-0.15, -0.1) is 21.5 Å². The molecule has 1 N–H and O–H groups in total. The lowest BCUT2D eigenvalue weighted by Gasteiger charge is -2.21. The summed E-state index contributed by atoms with van der Waals surface area (Å²) in [5, 5.41) is 13.2. The van der Waals surface area contributed by atoms with Gasteiger partial charge in [-0.3, -0.25) is 10.1 Å². The summed E-state index contributed by atoms with van der Waals surface area (Å²) in [5.74, 6) is -0.396. The topological polar surface area (TPSA) is 105 Å². The molecule has 11 heteroatoms. The Bertz CT molecular complexity index is 1120. The molecule has 0 radical (unpaired) electrons. The summed E-state index contributed by atoms with van der Waals surface area (Å²) < 4.78 is 27.1. The number of hydrogen-bond donors (Lipinski definition) is 1. The van der Waals surface area contributed by atoms with Gasteiger partial charge in [-0.05, 0) is 48.6 Å². The van der Waals surface area contributed by atoms with E-state index < -0.39 is 15.9 Å². The Hall–Kier alpha value is -2.47. The van der Waals surface area contributed by atoms with E-state index in [1.807, 2.05) is 31.4 Å². The summed E-state index contributed by atoms with van der Waals surface area (Å²) in [5.41, 5.74) is 0.329. The van der Waals surface area contributed by atoms with Crippen LogP contribution >= 0.6 is 22.7 Å². The van der Waals surface area contributed by atoms with E-state index in [9.17, 15) is 13.2 Å². The van der Waals surface area contributed by atoms with Gasteiger partial charge in [0.1, 0.15) is 0 Å². The monoisotopic (exact) mass is 477 g/mol. The molecule has 0 atom stereocenters. The third-order valence-corrected chi connectivity index (χ3v) is 7.65. The number of sulfonamides is 1. The zero-order valence-electron chi connectivity index (χ0n) is 17.2. The van der Waals surface area contributed by atoms with Crippen LogP contribution in [0.25, 0.3) is 0 Å². The molecule has 31 heavy (non-hydrogen) atoms. The second-order valence-electron chi connectivity index (χ2n) is 6.55. The van der Waals surface area contributed by atoms with Crippen LogP contribution in [-0.4, -0.2) is 48.1 Å². The van der Waals surface area contributed by atoms with Crippen LogP contribution in [0.2, 0.25) is 0 Å².